The van der Waals surface area contributed by atoms with Crippen molar-refractivity contribution in [3.8, 4) is 5.69 Å². The summed E-state index contributed by atoms with van der Waals surface area (Å²) >= 11 is 3.50. The summed E-state index contributed by atoms with van der Waals surface area (Å²) in [5, 5.41) is 14.8. The highest BCUT2D eigenvalue weighted by molar-refractivity contribution is 9.10. The van der Waals surface area contributed by atoms with Crippen LogP contribution in [0.2, 0.25) is 0 Å². The van der Waals surface area contributed by atoms with E-state index in [4.69, 9.17) is 0 Å². The van der Waals surface area contributed by atoms with Gasteiger partial charge in [-0.05, 0) is 61.6 Å². The number of benzene rings is 1. The minimum Gasteiger partial charge on any atom is -0.394 e. The van der Waals surface area contributed by atoms with Crippen molar-refractivity contribution in [2.24, 2.45) is 0 Å². The Morgan fingerprint density at radius 2 is 1.79 bits per heavy atom. The number of unbranched alkanes of at least 4 members (excludes halogenated alkanes) is 2. The standard InChI is InChI=1S/C30H39BrN4O3/c1-6-10-14-33(15-11-7-2)30(38)27-16-21(5)35(32-27)28-13-12-24(31)18-26(28)29(37)34-19-23(9-4)22(8-3)17-25(34)20-36/h8-9,12-13,16,18,25,36H,3-4,6-7,10-11,14-15,17,19-20H2,1-2,5H3. The van der Waals surface area contributed by atoms with Crippen molar-refractivity contribution in [2.45, 2.75) is 58.9 Å². The van der Waals surface area contributed by atoms with Crippen LogP contribution in [-0.4, -0.2) is 68.8 Å². The molecule has 0 aliphatic carbocycles. The first-order chi connectivity index (χ1) is 18.3. The summed E-state index contributed by atoms with van der Waals surface area (Å²) in [5.74, 6) is -0.314. The van der Waals surface area contributed by atoms with Crippen LogP contribution < -0.4 is 0 Å². The van der Waals surface area contributed by atoms with Crippen LogP contribution >= 0.6 is 15.9 Å². The van der Waals surface area contributed by atoms with Crippen molar-refractivity contribution in [1.29, 1.82) is 0 Å². The van der Waals surface area contributed by atoms with Gasteiger partial charge in [-0.2, -0.15) is 5.10 Å². The third kappa shape index (κ3) is 6.53. The Morgan fingerprint density at radius 1 is 1.13 bits per heavy atom. The quantitative estimate of drug-likeness (QED) is 0.340. The monoisotopic (exact) mass is 582 g/mol. The van der Waals surface area contributed by atoms with Crippen LogP contribution in [0.25, 0.3) is 5.69 Å². The lowest BCUT2D eigenvalue weighted by molar-refractivity contribution is 0.0601. The summed E-state index contributed by atoms with van der Waals surface area (Å²) in [4.78, 5) is 30.9. The van der Waals surface area contributed by atoms with Gasteiger partial charge in [-0.3, -0.25) is 9.59 Å². The summed E-state index contributed by atoms with van der Waals surface area (Å²) < 4.78 is 2.42. The van der Waals surface area contributed by atoms with Crippen LogP contribution in [-0.2, 0) is 0 Å². The number of hydrogen-bond acceptors (Lipinski definition) is 4. The number of halogens is 1. The molecule has 1 aromatic carbocycles. The lowest BCUT2D eigenvalue weighted by Crippen LogP contribution is -2.46. The second-order valence-electron chi connectivity index (χ2n) is 9.68. The Labute approximate surface area is 234 Å². The number of aliphatic hydroxyl groups is 1. The highest BCUT2D eigenvalue weighted by Gasteiger charge is 2.32. The molecule has 38 heavy (non-hydrogen) atoms. The van der Waals surface area contributed by atoms with Gasteiger partial charge in [0.25, 0.3) is 11.8 Å². The van der Waals surface area contributed by atoms with Crippen LogP contribution in [0.5, 0.6) is 0 Å². The van der Waals surface area contributed by atoms with Gasteiger partial charge in [0.1, 0.15) is 0 Å². The fourth-order valence-electron chi connectivity index (χ4n) is 4.74. The number of allylic oxidation sites excluding steroid dienone is 1. The third-order valence-corrected chi connectivity index (χ3v) is 7.48. The largest absolute Gasteiger partial charge is 0.394 e. The molecule has 1 aliphatic rings. The summed E-state index contributed by atoms with van der Waals surface area (Å²) in [5.41, 5.74) is 4.04. The van der Waals surface area contributed by atoms with E-state index in [9.17, 15) is 14.7 Å². The topological polar surface area (TPSA) is 78.7 Å². The van der Waals surface area contributed by atoms with E-state index < -0.39 is 0 Å². The van der Waals surface area contributed by atoms with E-state index in [0.29, 0.717) is 43.0 Å². The van der Waals surface area contributed by atoms with Gasteiger partial charge in [-0.15, -0.1) is 0 Å². The molecule has 0 saturated carbocycles. The molecule has 0 bridgehead atoms. The van der Waals surface area contributed by atoms with Crippen LogP contribution in [0.4, 0.5) is 0 Å². The molecule has 8 heteroatoms. The lowest BCUT2D eigenvalue weighted by Gasteiger charge is -2.36. The lowest BCUT2D eigenvalue weighted by atomic mass is 9.93. The van der Waals surface area contributed by atoms with E-state index in [0.717, 1.165) is 47.0 Å². The zero-order valence-electron chi connectivity index (χ0n) is 22.8. The van der Waals surface area contributed by atoms with Crippen molar-refractivity contribution in [3.63, 3.8) is 0 Å². The number of carbonyl (C=O) groups excluding carboxylic acids is 2. The molecule has 1 aliphatic heterocycles. The number of carbonyl (C=O) groups is 2. The molecular formula is C30H39BrN4O3. The smallest absolute Gasteiger partial charge is 0.274 e. The van der Waals surface area contributed by atoms with Gasteiger partial charge in [0, 0.05) is 29.8 Å². The summed E-state index contributed by atoms with van der Waals surface area (Å²) in [7, 11) is 0. The van der Waals surface area contributed by atoms with E-state index in [1.165, 1.54) is 0 Å². The van der Waals surface area contributed by atoms with E-state index in [-0.39, 0.29) is 24.5 Å². The number of aliphatic hydroxyl groups excluding tert-OH is 1. The van der Waals surface area contributed by atoms with Gasteiger partial charge < -0.3 is 14.9 Å². The molecule has 1 atom stereocenters. The molecular weight excluding hydrogens is 544 g/mol. The zero-order valence-corrected chi connectivity index (χ0v) is 24.3. The molecule has 0 fully saturated rings. The average molecular weight is 584 g/mol. The molecule has 0 spiro atoms. The Morgan fingerprint density at radius 3 is 2.37 bits per heavy atom. The first kappa shape index (κ1) is 29.6. The highest BCUT2D eigenvalue weighted by Crippen LogP contribution is 2.29. The molecule has 0 saturated heterocycles. The Bertz CT molecular complexity index is 1210. The maximum atomic E-state index is 14.0. The predicted molar refractivity (Wildman–Crippen MR) is 156 cm³/mol. The first-order valence-corrected chi connectivity index (χ1v) is 14.1. The Balaban J connectivity index is 2.00. The van der Waals surface area contributed by atoms with Gasteiger partial charge in [-0.1, -0.05) is 67.9 Å². The number of rotatable bonds is 12. The minimum atomic E-state index is -0.382. The summed E-state index contributed by atoms with van der Waals surface area (Å²) in [6.07, 6.45) is 7.91. The second-order valence-corrected chi connectivity index (χ2v) is 10.6. The van der Waals surface area contributed by atoms with Crippen molar-refractivity contribution in [1.82, 2.24) is 19.6 Å². The van der Waals surface area contributed by atoms with Gasteiger partial charge >= 0.3 is 0 Å². The molecule has 3 rings (SSSR count). The molecule has 1 unspecified atom stereocenters. The van der Waals surface area contributed by atoms with Crippen molar-refractivity contribution in [2.75, 3.05) is 26.2 Å². The number of aryl methyl sites for hydroxylation is 1. The maximum Gasteiger partial charge on any atom is 0.274 e. The molecule has 2 amide bonds. The van der Waals surface area contributed by atoms with E-state index >= 15 is 0 Å². The van der Waals surface area contributed by atoms with Gasteiger partial charge in [0.05, 0.1) is 23.9 Å². The molecule has 2 aromatic rings. The fourth-order valence-corrected chi connectivity index (χ4v) is 5.10. The van der Waals surface area contributed by atoms with E-state index in [1.807, 2.05) is 24.0 Å². The molecule has 0 radical (unpaired) electrons. The van der Waals surface area contributed by atoms with Crippen LogP contribution in [0.3, 0.4) is 0 Å². The van der Waals surface area contributed by atoms with Crippen LogP contribution in [0.1, 0.15) is 72.5 Å². The SMILES string of the molecule is C=CC1=C(C=C)CN(C(=O)c2cc(Br)ccc2-n2nc(C(=O)N(CCCC)CCCC)cc2C)C(CO)C1. The summed E-state index contributed by atoms with van der Waals surface area (Å²) in [6, 6.07) is 6.86. The van der Waals surface area contributed by atoms with Crippen LogP contribution in [0, 0.1) is 6.92 Å². The maximum absolute atomic E-state index is 14.0. The van der Waals surface area contributed by atoms with Crippen molar-refractivity contribution >= 4 is 27.7 Å². The predicted octanol–water partition coefficient (Wildman–Crippen LogP) is 5.86. The number of aromatic nitrogens is 2. The molecule has 1 aromatic heterocycles. The highest BCUT2D eigenvalue weighted by atomic mass is 79.9. The first-order valence-electron chi connectivity index (χ1n) is 13.3. The normalized spacial score (nSPS) is 15.5. The Kier molecular flexibility index (Phi) is 10.7. The summed E-state index contributed by atoms with van der Waals surface area (Å²) in [6.45, 7) is 15.4. The van der Waals surface area contributed by atoms with Gasteiger partial charge in [0.2, 0.25) is 0 Å². The second kappa shape index (κ2) is 13.7. The molecule has 1 N–H and O–H groups in total. The zero-order chi connectivity index (χ0) is 27.8. The number of amides is 2. The molecule has 7 nitrogen and oxygen atoms in total. The van der Waals surface area contributed by atoms with Gasteiger partial charge in [-0.25, -0.2) is 4.68 Å². The number of nitrogens with zero attached hydrogens (tertiary/aromatic N) is 4. The van der Waals surface area contributed by atoms with E-state index in [2.05, 4.69) is 48.0 Å². The van der Waals surface area contributed by atoms with E-state index in [1.54, 1.807) is 33.9 Å². The number of hydrogen-bond donors (Lipinski definition) is 1. The average Bonchev–Trinajstić information content (AvgIpc) is 3.32. The van der Waals surface area contributed by atoms with Gasteiger partial charge in [0.15, 0.2) is 5.69 Å². The third-order valence-electron chi connectivity index (χ3n) is 6.99. The Hall–Kier alpha value is -2.97. The fraction of sp³-hybridized carbons (Fsp3) is 0.433. The van der Waals surface area contributed by atoms with Crippen molar-refractivity contribution < 1.29 is 14.7 Å². The van der Waals surface area contributed by atoms with Crippen molar-refractivity contribution in [3.05, 3.63) is 82.1 Å². The molecule has 204 valence electrons. The minimum absolute atomic E-state index is 0.0900. The molecule has 2 heterocycles. The van der Waals surface area contributed by atoms with Crippen LogP contribution in [0.15, 0.2) is 65.2 Å².